The van der Waals surface area contributed by atoms with E-state index < -0.39 is 0 Å². The highest BCUT2D eigenvalue weighted by molar-refractivity contribution is 6.19. The van der Waals surface area contributed by atoms with Crippen LogP contribution in [0.2, 0.25) is 0 Å². The van der Waals surface area contributed by atoms with Crippen molar-refractivity contribution < 1.29 is 4.79 Å². The van der Waals surface area contributed by atoms with E-state index in [1.54, 1.807) is 11.0 Å². The van der Waals surface area contributed by atoms with E-state index in [0.717, 1.165) is 0 Å². The van der Waals surface area contributed by atoms with E-state index in [2.05, 4.69) is 6.58 Å². The van der Waals surface area contributed by atoms with Crippen molar-refractivity contribution in [2.75, 3.05) is 19.0 Å². The lowest BCUT2D eigenvalue weighted by Gasteiger charge is -2.21. The van der Waals surface area contributed by atoms with E-state index in [-0.39, 0.29) is 11.8 Å². The van der Waals surface area contributed by atoms with Crippen LogP contribution in [0.3, 0.4) is 0 Å². The lowest BCUT2D eigenvalue weighted by Crippen LogP contribution is -2.35. The Morgan fingerprint density at radius 2 is 2.33 bits per heavy atom. The molecule has 0 heterocycles. The minimum atomic E-state index is -0.0911. The molecule has 0 aromatic rings. The molecule has 0 aliphatic carbocycles. The average molecular weight is 190 g/mol. The standard InChI is InChI=1S/C9H16ClNO/c1-4-6-11(5-2)9(12)8(3)7-10/h4,8H,1,5-7H2,2-3H3. The van der Waals surface area contributed by atoms with Crippen molar-refractivity contribution >= 4 is 17.5 Å². The van der Waals surface area contributed by atoms with Gasteiger partial charge in [-0.2, -0.15) is 0 Å². The molecule has 0 saturated carbocycles. The normalized spacial score (nSPS) is 12.2. The van der Waals surface area contributed by atoms with Crippen LogP contribution in [0.25, 0.3) is 0 Å². The number of likely N-dealkylation sites (N-methyl/N-ethyl adjacent to an activating group) is 1. The molecule has 3 heteroatoms. The number of nitrogens with zero attached hydrogens (tertiary/aromatic N) is 1. The van der Waals surface area contributed by atoms with E-state index in [4.69, 9.17) is 11.6 Å². The lowest BCUT2D eigenvalue weighted by molar-refractivity contribution is -0.133. The summed E-state index contributed by atoms with van der Waals surface area (Å²) in [5.41, 5.74) is 0. The molecular weight excluding hydrogens is 174 g/mol. The molecule has 0 aromatic heterocycles. The Hall–Kier alpha value is -0.500. The number of hydrogen-bond donors (Lipinski definition) is 0. The molecule has 0 fully saturated rings. The van der Waals surface area contributed by atoms with Gasteiger partial charge in [0.1, 0.15) is 0 Å². The summed E-state index contributed by atoms with van der Waals surface area (Å²) in [4.78, 5) is 13.2. The van der Waals surface area contributed by atoms with Crippen LogP contribution >= 0.6 is 11.6 Å². The molecule has 70 valence electrons. The summed E-state index contributed by atoms with van der Waals surface area (Å²) in [6, 6.07) is 0. The number of hydrogen-bond acceptors (Lipinski definition) is 1. The van der Waals surface area contributed by atoms with Crippen molar-refractivity contribution in [2.24, 2.45) is 5.92 Å². The quantitative estimate of drug-likeness (QED) is 0.478. The molecular formula is C9H16ClNO. The second-order valence-corrected chi connectivity index (χ2v) is 3.03. The smallest absolute Gasteiger partial charge is 0.226 e. The van der Waals surface area contributed by atoms with E-state index in [1.165, 1.54) is 0 Å². The third-order valence-corrected chi connectivity index (χ3v) is 2.16. The summed E-state index contributed by atoms with van der Waals surface area (Å²) in [5, 5.41) is 0. The van der Waals surface area contributed by atoms with Gasteiger partial charge in [0.05, 0.1) is 0 Å². The third kappa shape index (κ3) is 3.26. The number of carbonyl (C=O) groups is 1. The minimum absolute atomic E-state index is 0.0911. The molecule has 0 aromatic carbocycles. The SMILES string of the molecule is C=CCN(CC)C(=O)C(C)CCl. The molecule has 0 aliphatic heterocycles. The van der Waals surface area contributed by atoms with Gasteiger partial charge in [0.15, 0.2) is 0 Å². The molecule has 2 nitrogen and oxygen atoms in total. The van der Waals surface area contributed by atoms with Gasteiger partial charge in [0, 0.05) is 24.9 Å². The fourth-order valence-corrected chi connectivity index (χ4v) is 1.04. The van der Waals surface area contributed by atoms with Crippen LogP contribution in [0, 0.1) is 5.92 Å². The Morgan fingerprint density at radius 1 is 1.75 bits per heavy atom. The Morgan fingerprint density at radius 3 is 2.67 bits per heavy atom. The van der Waals surface area contributed by atoms with Gasteiger partial charge in [-0.15, -0.1) is 18.2 Å². The Labute approximate surface area is 79.2 Å². The Kier molecular flexibility index (Phi) is 5.81. The minimum Gasteiger partial charge on any atom is -0.339 e. The zero-order valence-electron chi connectivity index (χ0n) is 7.72. The molecule has 1 amide bonds. The van der Waals surface area contributed by atoms with Crippen molar-refractivity contribution in [1.82, 2.24) is 4.90 Å². The fourth-order valence-electron chi connectivity index (χ4n) is 0.908. The lowest BCUT2D eigenvalue weighted by atomic mass is 10.2. The van der Waals surface area contributed by atoms with Gasteiger partial charge in [-0.3, -0.25) is 4.79 Å². The monoisotopic (exact) mass is 189 g/mol. The van der Waals surface area contributed by atoms with Crippen LogP contribution in [0.5, 0.6) is 0 Å². The number of carbonyl (C=O) groups excluding carboxylic acids is 1. The van der Waals surface area contributed by atoms with E-state index in [1.807, 2.05) is 13.8 Å². The van der Waals surface area contributed by atoms with Crippen LogP contribution in [0.1, 0.15) is 13.8 Å². The summed E-state index contributed by atoms with van der Waals surface area (Å²) < 4.78 is 0. The highest BCUT2D eigenvalue weighted by atomic mass is 35.5. The molecule has 0 bridgehead atoms. The van der Waals surface area contributed by atoms with E-state index in [0.29, 0.717) is 19.0 Å². The first kappa shape index (κ1) is 11.5. The third-order valence-electron chi connectivity index (χ3n) is 1.70. The predicted octanol–water partition coefficient (Wildman–Crippen LogP) is 1.90. The summed E-state index contributed by atoms with van der Waals surface area (Å²) in [7, 11) is 0. The zero-order chi connectivity index (χ0) is 9.56. The van der Waals surface area contributed by atoms with Crippen molar-refractivity contribution in [3.05, 3.63) is 12.7 Å². The van der Waals surface area contributed by atoms with Crippen LogP contribution in [-0.2, 0) is 4.79 Å². The molecule has 0 rings (SSSR count). The Balaban J connectivity index is 4.10. The fraction of sp³-hybridized carbons (Fsp3) is 0.667. The molecule has 12 heavy (non-hydrogen) atoms. The largest absolute Gasteiger partial charge is 0.339 e. The molecule has 0 N–H and O–H groups in total. The van der Waals surface area contributed by atoms with Crippen molar-refractivity contribution in [2.45, 2.75) is 13.8 Å². The van der Waals surface area contributed by atoms with Gasteiger partial charge >= 0.3 is 0 Å². The van der Waals surface area contributed by atoms with Crippen molar-refractivity contribution in [3.63, 3.8) is 0 Å². The highest BCUT2D eigenvalue weighted by Gasteiger charge is 2.16. The molecule has 0 spiro atoms. The highest BCUT2D eigenvalue weighted by Crippen LogP contribution is 2.04. The van der Waals surface area contributed by atoms with Gasteiger partial charge < -0.3 is 4.90 Å². The number of halogens is 1. The van der Waals surface area contributed by atoms with Crippen LogP contribution in [0.15, 0.2) is 12.7 Å². The Bertz CT molecular complexity index is 159. The molecule has 1 unspecified atom stereocenters. The first-order valence-corrected chi connectivity index (χ1v) is 4.66. The maximum atomic E-state index is 11.5. The van der Waals surface area contributed by atoms with Gasteiger partial charge in [-0.05, 0) is 6.92 Å². The van der Waals surface area contributed by atoms with Crippen LogP contribution in [0.4, 0.5) is 0 Å². The van der Waals surface area contributed by atoms with Crippen molar-refractivity contribution in [3.8, 4) is 0 Å². The topological polar surface area (TPSA) is 20.3 Å². The molecule has 0 saturated heterocycles. The number of rotatable bonds is 5. The summed E-state index contributed by atoms with van der Waals surface area (Å²) in [6.07, 6.45) is 1.72. The number of amides is 1. The van der Waals surface area contributed by atoms with Crippen LogP contribution in [-0.4, -0.2) is 29.8 Å². The van der Waals surface area contributed by atoms with E-state index in [9.17, 15) is 4.79 Å². The molecule has 1 atom stereocenters. The average Bonchev–Trinajstić information content (AvgIpc) is 2.11. The maximum Gasteiger partial charge on any atom is 0.226 e. The van der Waals surface area contributed by atoms with Gasteiger partial charge in [0.2, 0.25) is 5.91 Å². The number of alkyl halides is 1. The van der Waals surface area contributed by atoms with Crippen molar-refractivity contribution in [1.29, 1.82) is 0 Å². The van der Waals surface area contributed by atoms with Gasteiger partial charge in [-0.25, -0.2) is 0 Å². The molecule has 0 aliphatic rings. The van der Waals surface area contributed by atoms with Gasteiger partial charge in [-0.1, -0.05) is 13.0 Å². The summed E-state index contributed by atoms with van der Waals surface area (Å²) in [5.74, 6) is 0.394. The van der Waals surface area contributed by atoms with Gasteiger partial charge in [0.25, 0.3) is 0 Å². The second-order valence-electron chi connectivity index (χ2n) is 2.72. The van der Waals surface area contributed by atoms with Crippen LogP contribution < -0.4 is 0 Å². The summed E-state index contributed by atoms with van der Waals surface area (Å²) in [6.45, 7) is 8.69. The summed E-state index contributed by atoms with van der Waals surface area (Å²) >= 11 is 5.57. The molecule has 0 radical (unpaired) electrons. The van der Waals surface area contributed by atoms with E-state index >= 15 is 0 Å². The maximum absolute atomic E-state index is 11.5. The zero-order valence-corrected chi connectivity index (χ0v) is 8.47. The second kappa shape index (κ2) is 6.06. The predicted molar refractivity (Wildman–Crippen MR) is 52.3 cm³/mol. The first-order valence-electron chi connectivity index (χ1n) is 4.13. The first-order chi connectivity index (χ1) is 5.67.